The largest absolute Gasteiger partial charge is 0.555 e. The van der Waals surface area contributed by atoms with Crippen molar-refractivity contribution in [1.29, 1.82) is 0 Å². The van der Waals surface area contributed by atoms with E-state index in [9.17, 15) is 9.59 Å². The smallest absolute Gasteiger partial charge is 0.415 e. The molecule has 0 aromatic heterocycles. The second-order valence-corrected chi connectivity index (χ2v) is 26.5. The molecule has 1 saturated heterocycles. The first-order valence-corrected chi connectivity index (χ1v) is 22.8. The first-order valence-electron chi connectivity index (χ1n) is 11.4. The van der Waals surface area contributed by atoms with Gasteiger partial charge in [0.2, 0.25) is 0 Å². The highest BCUT2D eigenvalue weighted by molar-refractivity contribution is 6.89. The summed E-state index contributed by atoms with van der Waals surface area (Å²) in [7, 11) is -16.3. The van der Waals surface area contributed by atoms with Crippen LogP contribution in [-0.2, 0) is 24.7 Å². The van der Waals surface area contributed by atoms with Gasteiger partial charge in [-0.15, -0.1) is 0 Å². The molecule has 1 fully saturated rings. The Labute approximate surface area is 191 Å². The molecule has 30 heavy (non-hydrogen) atoms. The summed E-state index contributed by atoms with van der Waals surface area (Å²) in [4.78, 5) is 21.9. The van der Waals surface area contributed by atoms with Gasteiger partial charge in [0, 0.05) is 0 Å². The van der Waals surface area contributed by atoms with Crippen molar-refractivity contribution < 1.29 is 34.3 Å². The highest BCUT2D eigenvalue weighted by Gasteiger charge is 2.54. The van der Waals surface area contributed by atoms with Crippen molar-refractivity contribution >= 4 is 53.3 Å². The van der Waals surface area contributed by atoms with Crippen LogP contribution in [0.25, 0.3) is 0 Å². The Balaban J connectivity index is 3.49. The number of rotatable bonds is 8. The molecule has 2 radical (unpaired) electrons. The maximum Gasteiger partial charge on any atom is 0.555 e. The van der Waals surface area contributed by atoms with Crippen molar-refractivity contribution in [3.8, 4) is 0 Å². The quantitative estimate of drug-likeness (QED) is 0.455. The van der Waals surface area contributed by atoms with E-state index in [0.717, 1.165) is 0 Å². The van der Waals surface area contributed by atoms with Crippen molar-refractivity contribution in [2.75, 3.05) is 0 Å². The van der Waals surface area contributed by atoms with Crippen LogP contribution in [0.4, 0.5) is 0 Å². The average molecular weight is 531 g/mol. The molecule has 1 aliphatic rings. The lowest BCUT2D eigenvalue weighted by Crippen LogP contribution is -2.64. The number of hydrogen-bond donors (Lipinski definition) is 2. The van der Waals surface area contributed by atoms with E-state index in [4.69, 9.17) is 24.7 Å². The highest BCUT2D eigenvalue weighted by atomic mass is 28.5. The fourth-order valence-electron chi connectivity index (χ4n) is 3.59. The molecule has 1 rings (SSSR count). The van der Waals surface area contributed by atoms with Gasteiger partial charge >= 0.3 is 53.3 Å². The van der Waals surface area contributed by atoms with Crippen LogP contribution < -0.4 is 0 Å². The van der Waals surface area contributed by atoms with E-state index in [1.165, 1.54) is 0 Å². The van der Waals surface area contributed by atoms with Gasteiger partial charge in [0.05, 0.1) is 0 Å². The third-order valence-electron chi connectivity index (χ3n) is 6.15. The van der Waals surface area contributed by atoms with E-state index < -0.39 is 53.3 Å². The molecule has 8 nitrogen and oxygen atoms in total. The fourth-order valence-corrected chi connectivity index (χ4v) is 28.6. The van der Waals surface area contributed by atoms with Crippen molar-refractivity contribution in [2.45, 2.75) is 104 Å². The van der Waals surface area contributed by atoms with Crippen LogP contribution >= 0.6 is 0 Å². The van der Waals surface area contributed by atoms with Crippen LogP contribution in [0.15, 0.2) is 0 Å². The monoisotopic (exact) mass is 530 g/mol. The third kappa shape index (κ3) is 6.99. The minimum absolute atomic E-state index is 0.671. The maximum absolute atomic E-state index is 10.9. The second-order valence-electron chi connectivity index (χ2n) is 7.62. The molecule has 0 bridgehead atoms. The first kappa shape index (κ1) is 29.0. The normalized spacial score (nSPS) is 25.4. The third-order valence-corrected chi connectivity index (χ3v) is 29.5. The summed E-state index contributed by atoms with van der Waals surface area (Å²) in [6, 6.07) is 5.37. The van der Waals surface area contributed by atoms with Crippen LogP contribution in [0.2, 0.25) is 48.4 Å². The first-order chi connectivity index (χ1) is 14.1. The summed E-state index contributed by atoms with van der Waals surface area (Å²) in [5.74, 6) is 0. The predicted molar refractivity (Wildman–Crippen MR) is 129 cm³/mol. The molecule has 14 heteroatoms. The predicted octanol–water partition coefficient (Wildman–Crippen LogP) is 3.98. The minimum atomic E-state index is -2.78. The van der Waals surface area contributed by atoms with E-state index in [1.807, 2.05) is 55.4 Å². The topological polar surface area (TPSA) is 95.8 Å². The van der Waals surface area contributed by atoms with Crippen LogP contribution in [-0.4, -0.2) is 62.9 Å². The summed E-state index contributed by atoms with van der Waals surface area (Å²) in [6.07, 6.45) is 0. The van der Waals surface area contributed by atoms with Gasteiger partial charge in [0.15, 0.2) is 0 Å². The minimum Gasteiger partial charge on any atom is -0.415 e. The van der Waals surface area contributed by atoms with E-state index in [-0.39, 0.29) is 0 Å². The molecule has 2 N–H and O–H groups in total. The van der Waals surface area contributed by atoms with Crippen LogP contribution in [0.1, 0.15) is 55.4 Å². The lowest BCUT2D eigenvalue weighted by molar-refractivity contribution is 0.180. The maximum atomic E-state index is 10.9. The molecule has 1 aliphatic heterocycles. The van der Waals surface area contributed by atoms with Gasteiger partial charge in [-0.05, 0) is 48.4 Å². The Kier molecular flexibility index (Phi) is 12.0. The zero-order valence-corrected chi connectivity index (χ0v) is 26.0. The lowest BCUT2D eigenvalue weighted by Gasteiger charge is -2.45. The molecule has 0 aromatic carbocycles. The van der Waals surface area contributed by atoms with Crippen molar-refractivity contribution in [3.05, 3.63) is 0 Å². The Hall–Kier alpha value is 0.981. The Morgan fingerprint density at radius 3 is 0.733 bits per heavy atom. The average Bonchev–Trinajstić information content (AvgIpc) is 2.76. The summed E-state index contributed by atoms with van der Waals surface area (Å²) < 4.78 is 38.5. The Morgan fingerprint density at radius 2 is 0.600 bits per heavy atom. The molecular formula is C16H42O8Si6. The molecule has 0 atom stereocenters. The van der Waals surface area contributed by atoms with Crippen LogP contribution in [0, 0.1) is 0 Å². The Bertz CT molecular complexity index is 416. The van der Waals surface area contributed by atoms with Crippen molar-refractivity contribution in [1.82, 2.24) is 0 Å². The molecule has 0 aliphatic carbocycles. The molecule has 0 aromatic rings. The summed E-state index contributed by atoms with van der Waals surface area (Å²) in [5.41, 5.74) is 0. The van der Waals surface area contributed by atoms with E-state index in [2.05, 4.69) is 0 Å². The SMILES string of the molecule is CC[Si]1(CC)O[Si](O)O[Si](CC)(CC)O[Si](CC)(CC)O[Si](O)O[Si](CC)(CC)O1. The van der Waals surface area contributed by atoms with Crippen LogP contribution in [0.5, 0.6) is 0 Å². The van der Waals surface area contributed by atoms with Gasteiger partial charge in [-0.2, -0.15) is 0 Å². The van der Waals surface area contributed by atoms with Gasteiger partial charge in [-0.3, -0.25) is 0 Å². The molecule has 0 spiro atoms. The Morgan fingerprint density at radius 1 is 0.433 bits per heavy atom. The molecular weight excluding hydrogens is 489 g/mol. The molecule has 0 unspecified atom stereocenters. The molecule has 0 amide bonds. The molecule has 0 saturated carbocycles. The number of hydrogen-bond acceptors (Lipinski definition) is 8. The van der Waals surface area contributed by atoms with Crippen LogP contribution in [0.3, 0.4) is 0 Å². The van der Waals surface area contributed by atoms with Gasteiger partial charge in [-0.25, -0.2) is 0 Å². The van der Waals surface area contributed by atoms with Gasteiger partial charge < -0.3 is 34.3 Å². The summed E-state index contributed by atoms with van der Waals surface area (Å²) >= 11 is 0. The van der Waals surface area contributed by atoms with Gasteiger partial charge in [0.25, 0.3) is 0 Å². The second kappa shape index (κ2) is 12.4. The zero-order chi connectivity index (χ0) is 23.1. The highest BCUT2D eigenvalue weighted by Crippen LogP contribution is 2.34. The van der Waals surface area contributed by atoms with E-state index in [0.29, 0.717) is 48.4 Å². The zero-order valence-electron chi connectivity index (χ0n) is 20.0. The van der Waals surface area contributed by atoms with Crippen molar-refractivity contribution in [3.63, 3.8) is 0 Å². The van der Waals surface area contributed by atoms with Gasteiger partial charge in [0.1, 0.15) is 0 Å². The molecule has 1 heterocycles. The standard InChI is InChI=1S/C16H42O8Si6/c1-9-27(10-2)19-25(17)20-29(13-5,14-6)24-30(15-7,16-8)22-26(18)21-28(11-3,12-4)23-27/h17-18H,9-16H2,1-8H3. The summed E-state index contributed by atoms with van der Waals surface area (Å²) in [5, 5.41) is 0. The van der Waals surface area contributed by atoms with E-state index >= 15 is 0 Å². The summed E-state index contributed by atoms with van der Waals surface area (Å²) in [6.45, 7) is 16.2. The van der Waals surface area contributed by atoms with Gasteiger partial charge in [-0.1, -0.05) is 55.4 Å². The van der Waals surface area contributed by atoms with Crippen molar-refractivity contribution in [2.24, 2.45) is 0 Å². The van der Waals surface area contributed by atoms with E-state index in [1.54, 1.807) is 0 Å². The fraction of sp³-hybridized carbons (Fsp3) is 1.00. The lowest BCUT2D eigenvalue weighted by atomic mass is 10.9. The molecule has 178 valence electrons.